The molecule has 1 unspecified atom stereocenters. The van der Waals surface area contributed by atoms with Gasteiger partial charge in [0, 0.05) is 5.56 Å². The number of carbonyl (C=O) groups excluding carboxylic acids is 1. The van der Waals surface area contributed by atoms with Gasteiger partial charge in [0.05, 0.1) is 16.5 Å². The molecule has 0 aliphatic rings. The Morgan fingerprint density at radius 2 is 1.92 bits per heavy atom. The van der Waals surface area contributed by atoms with Crippen molar-refractivity contribution in [3.05, 3.63) is 59.7 Å². The number of aromatic nitrogens is 2. The SMILES string of the molecule is Cc1ccccc1-c1nnc(SC(C)C(=O)Nc2ccccc2C#N)o1. The van der Waals surface area contributed by atoms with E-state index < -0.39 is 5.25 Å². The molecule has 1 atom stereocenters. The molecule has 0 saturated heterocycles. The van der Waals surface area contributed by atoms with Gasteiger partial charge in [-0.3, -0.25) is 4.79 Å². The third-order valence-electron chi connectivity index (χ3n) is 3.73. The second-order valence-electron chi connectivity index (χ2n) is 5.59. The lowest BCUT2D eigenvalue weighted by Crippen LogP contribution is -2.22. The third-order valence-corrected chi connectivity index (χ3v) is 4.67. The van der Waals surface area contributed by atoms with Gasteiger partial charge in [0.1, 0.15) is 6.07 Å². The minimum Gasteiger partial charge on any atom is -0.411 e. The van der Waals surface area contributed by atoms with Crippen LogP contribution in [0.2, 0.25) is 0 Å². The summed E-state index contributed by atoms with van der Waals surface area (Å²) < 4.78 is 5.67. The summed E-state index contributed by atoms with van der Waals surface area (Å²) in [6.07, 6.45) is 0. The van der Waals surface area contributed by atoms with Crippen molar-refractivity contribution in [3.8, 4) is 17.5 Å². The minimum absolute atomic E-state index is 0.242. The lowest BCUT2D eigenvalue weighted by molar-refractivity contribution is -0.115. The average Bonchev–Trinajstić information content (AvgIpc) is 3.10. The number of aryl methyl sites for hydroxylation is 1. The van der Waals surface area contributed by atoms with Crippen molar-refractivity contribution in [1.82, 2.24) is 10.2 Å². The van der Waals surface area contributed by atoms with Gasteiger partial charge < -0.3 is 9.73 Å². The van der Waals surface area contributed by atoms with Gasteiger partial charge in [-0.1, -0.05) is 42.1 Å². The molecule has 0 fully saturated rings. The van der Waals surface area contributed by atoms with Gasteiger partial charge in [-0.15, -0.1) is 10.2 Å². The van der Waals surface area contributed by atoms with Crippen LogP contribution in [0, 0.1) is 18.3 Å². The summed E-state index contributed by atoms with van der Waals surface area (Å²) in [4.78, 5) is 12.4. The van der Waals surface area contributed by atoms with E-state index in [0.717, 1.165) is 11.1 Å². The van der Waals surface area contributed by atoms with E-state index in [-0.39, 0.29) is 5.91 Å². The smallest absolute Gasteiger partial charge is 0.277 e. The Hall–Kier alpha value is -3.11. The molecule has 1 amide bonds. The van der Waals surface area contributed by atoms with Crippen molar-refractivity contribution in [1.29, 1.82) is 5.26 Å². The van der Waals surface area contributed by atoms with Crippen LogP contribution in [0.3, 0.4) is 0 Å². The highest BCUT2D eigenvalue weighted by Crippen LogP contribution is 2.28. The number of thioether (sulfide) groups is 1. The summed E-state index contributed by atoms with van der Waals surface area (Å²) >= 11 is 1.17. The van der Waals surface area contributed by atoms with Crippen LogP contribution < -0.4 is 5.32 Å². The first-order valence-corrected chi connectivity index (χ1v) is 8.82. The molecule has 0 aliphatic heterocycles. The highest BCUT2D eigenvalue weighted by Gasteiger charge is 2.20. The number of nitrogens with zero attached hydrogens (tertiary/aromatic N) is 3. The zero-order valence-electron chi connectivity index (χ0n) is 14.3. The van der Waals surface area contributed by atoms with Crippen molar-refractivity contribution in [2.45, 2.75) is 24.3 Å². The fourth-order valence-electron chi connectivity index (χ4n) is 2.31. The van der Waals surface area contributed by atoms with Crippen molar-refractivity contribution in [2.75, 3.05) is 5.32 Å². The first-order valence-electron chi connectivity index (χ1n) is 7.94. The maximum atomic E-state index is 12.4. The summed E-state index contributed by atoms with van der Waals surface area (Å²) in [5.74, 6) is 0.182. The molecule has 2 aromatic carbocycles. The molecule has 0 spiro atoms. The molecule has 6 nitrogen and oxygen atoms in total. The van der Waals surface area contributed by atoms with Crippen LogP contribution in [0.4, 0.5) is 5.69 Å². The van der Waals surface area contributed by atoms with Gasteiger partial charge in [0.15, 0.2) is 0 Å². The van der Waals surface area contributed by atoms with E-state index in [9.17, 15) is 4.79 Å². The molecule has 3 rings (SSSR count). The van der Waals surface area contributed by atoms with Gasteiger partial charge in [-0.25, -0.2) is 0 Å². The molecule has 0 saturated carbocycles. The average molecular weight is 364 g/mol. The third kappa shape index (κ3) is 3.92. The predicted molar refractivity (Wildman–Crippen MR) is 99.6 cm³/mol. The highest BCUT2D eigenvalue weighted by molar-refractivity contribution is 8.00. The fraction of sp³-hybridized carbons (Fsp3) is 0.158. The largest absolute Gasteiger partial charge is 0.411 e. The molecular weight excluding hydrogens is 348 g/mol. The number of hydrogen-bond donors (Lipinski definition) is 1. The van der Waals surface area contributed by atoms with Gasteiger partial charge in [0.25, 0.3) is 5.22 Å². The molecule has 7 heteroatoms. The normalized spacial score (nSPS) is 11.6. The number of benzene rings is 2. The van der Waals surface area contributed by atoms with Gasteiger partial charge >= 0.3 is 0 Å². The van der Waals surface area contributed by atoms with E-state index >= 15 is 0 Å². The Labute approximate surface area is 155 Å². The lowest BCUT2D eigenvalue weighted by Gasteiger charge is -2.10. The molecular formula is C19H16N4O2S. The summed E-state index contributed by atoms with van der Waals surface area (Å²) in [6, 6.07) is 16.6. The van der Waals surface area contributed by atoms with Crippen molar-refractivity contribution >= 4 is 23.4 Å². The number of amides is 1. The van der Waals surface area contributed by atoms with Crippen LogP contribution in [-0.4, -0.2) is 21.4 Å². The summed E-state index contributed by atoms with van der Waals surface area (Å²) in [6.45, 7) is 3.71. The lowest BCUT2D eigenvalue weighted by atomic mass is 10.1. The molecule has 1 N–H and O–H groups in total. The van der Waals surface area contributed by atoms with Crippen LogP contribution in [0.15, 0.2) is 58.2 Å². The summed E-state index contributed by atoms with van der Waals surface area (Å²) in [5, 5.41) is 19.8. The van der Waals surface area contributed by atoms with E-state index in [0.29, 0.717) is 22.4 Å². The number of nitriles is 1. The monoisotopic (exact) mass is 364 g/mol. The Balaban J connectivity index is 1.69. The second-order valence-corrected chi connectivity index (χ2v) is 6.89. The zero-order valence-corrected chi connectivity index (χ0v) is 15.1. The number of rotatable bonds is 5. The first kappa shape index (κ1) is 17.7. The van der Waals surface area contributed by atoms with E-state index in [4.69, 9.17) is 9.68 Å². The minimum atomic E-state index is -0.466. The number of hydrogen-bond acceptors (Lipinski definition) is 6. The van der Waals surface area contributed by atoms with E-state index in [1.54, 1.807) is 31.2 Å². The van der Waals surface area contributed by atoms with Crippen LogP contribution in [0.25, 0.3) is 11.5 Å². The Morgan fingerprint density at radius 1 is 1.19 bits per heavy atom. The van der Waals surface area contributed by atoms with Crippen molar-refractivity contribution < 1.29 is 9.21 Å². The van der Waals surface area contributed by atoms with Crippen LogP contribution >= 0.6 is 11.8 Å². The fourth-order valence-corrected chi connectivity index (χ4v) is 2.99. The van der Waals surface area contributed by atoms with Crippen LogP contribution in [0.5, 0.6) is 0 Å². The Bertz CT molecular complexity index is 977. The maximum Gasteiger partial charge on any atom is 0.277 e. The number of para-hydroxylation sites is 1. The van der Waals surface area contributed by atoms with Crippen LogP contribution in [0.1, 0.15) is 18.1 Å². The molecule has 3 aromatic rings. The Kier molecular flexibility index (Phi) is 5.34. The first-order chi connectivity index (χ1) is 12.6. The van der Waals surface area contributed by atoms with Crippen molar-refractivity contribution in [2.24, 2.45) is 0 Å². The number of carbonyl (C=O) groups is 1. The molecule has 0 bridgehead atoms. The topological polar surface area (TPSA) is 91.8 Å². The zero-order chi connectivity index (χ0) is 18.5. The van der Waals surface area contributed by atoms with Crippen molar-refractivity contribution in [3.63, 3.8) is 0 Å². The summed E-state index contributed by atoms with van der Waals surface area (Å²) in [5.41, 5.74) is 2.80. The molecule has 1 aromatic heterocycles. The second kappa shape index (κ2) is 7.85. The van der Waals surface area contributed by atoms with Gasteiger partial charge in [-0.2, -0.15) is 5.26 Å². The Morgan fingerprint density at radius 3 is 2.69 bits per heavy atom. The molecule has 0 aliphatic carbocycles. The summed E-state index contributed by atoms with van der Waals surface area (Å²) in [7, 11) is 0. The van der Waals surface area contributed by atoms with E-state index in [1.165, 1.54) is 11.8 Å². The molecule has 1 heterocycles. The van der Waals surface area contributed by atoms with E-state index in [2.05, 4.69) is 21.6 Å². The predicted octanol–water partition coefficient (Wildman–Crippen LogP) is 4.04. The van der Waals surface area contributed by atoms with Gasteiger partial charge in [-0.05, 0) is 37.6 Å². The number of anilines is 1. The molecule has 26 heavy (non-hydrogen) atoms. The van der Waals surface area contributed by atoms with E-state index in [1.807, 2.05) is 31.2 Å². The number of nitrogens with one attached hydrogen (secondary N) is 1. The van der Waals surface area contributed by atoms with Gasteiger partial charge in [0.2, 0.25) is 11.8 Å². The van der Waals surface area contributed by atoms with Crippen LogP contribution in [-0.2, 0) is 4.79 Å². The molecule has 0 radical (unpaired) electrons. The highest BCUT2D eigenvalue weighted by atomic mass is 32.2. The maximum absolute atomic E-state index is 12.4. The standard InChI is InChI=1S/C19H16N4O2S/c1-12-7-3-5-9-15(12)18-22-23-19(25-18)26-13(2)17(24)21-16-10-6-4-8-14(16)11-20/h3-10,13H,1-2H3,(H,21,24). The molecule has 130 valence electrons. The quantitative estimate of drug-likeness (QED) is 0.687.